The predicted molar refractivity (Wildman–Crippen MR) is 66.1 cm³/mol. The molecule has 0 amide bonds. The maximum Gasteiger partial charge on any atom is 0.0219 e. The highest BCUT2D eigenvalue weighted by Gasteiger charge is 2.25. The lowest BCUT2D eigenvalue weighted by Gasteiger charge is -2.19. The predicted octanol–water partition coefficient (Wildman–Crippen LogP) is 2.27. The number of nitrogens with two attached hydrogens (primary N) is 1. The lowest BCUT2D eigenvalue weighted by Crippen LogP contribution is -2.35. The molecule has 0 aliphatic heterocycles. The molecular formula is C12H20N2S. The summed E-state index contributed by atoms with van der Waals surface area (Å²) in [5, 5.41) is 8.11. The van der Waals surface area contributed by atoms with Gasteiger partial charge >= 0.3 is 0 Å². The number of hydrogen-bond donors (Lipinski definition) is 2. The first-order valence-corrected chi connectivity index (χ1v) is 6.70. The smallest absolute Gasteiger partial charge is 0.0219 e. The van der Waals surface area contributed by atoms with Gasteiger partial charge in [0.1, 0.15) is 0 Å². The molecule has 0 spiro atoms. The van der Waals surface area contributed by atoms with E-state index in [4.69, 9.17) is 5.73 Å². The Kier molecular flexibility index (Phi) is 3.78. The fourth-order valence-corrected chi connectivity index (χ4v) is 3.25. The number of nitrogens with one attached hydrogen (secondary N) is 1. The van der Waals surface area contributed by atoms with E-state index < -0.39 is 0 Å². The van der Waals surface area contributed by atoms with Crippen molar-refractivity contribution < 1.29 is 0 Å². The molecular weight excluding hydrogens is 204 g/mol. The van der Waals surface area contributed by atoms with E-state index in [0.29, 0.717) is 12.0 Å². The van der Waals surface area contributed by atoms with Crippen molar-refractivity contribution in [2.45, 2.75) is 38.8 Å². The summed E-state index contributed by atoms with van der Waals surface area (Å²) < 4.78 is 0. The highest BCUT2D eigenvalue weighted by Crippen LogP contribution is 2.25. The monoisotopic (exact) mass is 224 g/mol. The van der Waals surface area contributed by atoms with Crippen molar-refractivity contribution in [3.05, 3.63) is 21.9 Å². The number of hydrogen-bond acceptors (Lipinski definition) is 3. The first-order valence-electron chi connectivity index (χ1n) is 5.76. The third-order valence-electron chi connectivity index (χ3n) is 3.48. The molecule has 1 fully saturated rings. The Morgan fingerprint density at radius 3 is 3.00 bits per heavy atom. The van der Waals surface area contributed by atoms with E-state index in [0.717, 1.165) is 13.1 Å². The van der Waals surface area contributed by atoms with Crippen LogP contribution in [0.3, 0.4) is 0 Å². The molecule has 2 unspecified atom stereocenters. The normalized spacial score (nSPS) is 26.0. The van der Waals surface area contributed by atoms with Crippen LogP contribution in [0.4, 0.5) is 0 Å². The summed E-state index contributed by atoms with van der Waals surface area (Å²) in [6, 6.07) is 0.648. The third kappa shape index (κ3) is 2.60. The SMILES string of the molecule is Cc1cscc1CNC1CCCC1CN. The number of thiophene rings is 1. The fraction of sp³-hybridized carbons (Fsp3) is 0.667. The number of rotatable bonds is 4. The Morgan fingerprint density at radius 2 is 2.33 bits per heavy atom. The third-order valence-corrected chi connectivity index (χ3v) is 4.39. The molecule has 1 saturated carbocycles. The molecule has 1 aromatic heterocycles. The highest BCUT2D eigenvalue weighted by molar-refractivity contribution is 7.08. The molecule has 15 heavy (non-hydrogen) atoms. The van der Waals surface area contributed by atoms with E-state index in [1.165, 1.54) is 30.4 Å². The van der Waals surface area contributed by atoms with Gasteiger partial charge in [0.05, 0.1) is 0 Å². The summed E-state index contributed by atoms with van der Waals surface area (Å²) in [6.45, 7) is 4.03. The number of aryl methyl sites for hydroxylation is 1. The van der Waals surface area contributed by atoms with Gasteiger partial charge in [0.2, 0.25) is 0 Å². The van der Waals surface area contributed by atoms with E-state index >= 15 is 0 Å². The molecule has 2 nitrogen and oxygen atoms in total. The zero-order valence-corrected chi connectivity index (χ0v) is 10.1. The Bertz CT molecular complexity index is 308. The molecule has 1 aliphatic rings. The Hall–Kier alpha value is -0.380. The molecule has 3 heteroatoms. The summed E-state index contributed by atoms with van der Waals surface area (Å²) in [4.78, 5) is 0. The summed E-state index contributed by atoms with van der Waals surface area (Å²) in [7, 11) is 0. The van der Waals surface area contributed by atoms with Crippen LogP contribution in [0.1, 0.15) is 30.4 Å². The average molecular weight is 224 g/mol. The standard InChI is InChI=1S/C12H20N2S/c1-9-7-15-8-11(9)6-14-12-4-2-3-10(12)5-13/h7-8,10,12,14H,2-6,13H2,1H3. The van der Waals surface area contributed by atoms with Crippen LogP contribution in [0.2, 0.25) is 0 Å². The second-order valence-electron chi connectivity index (χ2n) is 4.49. The van der Waals surface area contributed by atoms with Gasteiger partial charge in [-0.2, -0.15) is 11.3 Å². The summed E-state index contributed by atoms with van der Waals surface area (Å²) >= 11 is 1.79. The van der Waals surface area contributed by atoms with E-state index in [1.807, 2.05) is 0 Å². The highest BCUT2D eigenvalue weighted by atomic mass is 32.1. The minimum atomic E-state index is 0.648. The topological polar surface area (TPSA) is 38.0 Å². The molecule has 2 rings (SSSR count). The van der Waals surface area contributed by atoms with Crippen molar-refractivity contribution in [1.29, 1.82) is 0 Å². The van der Waals surface area contributed by atoms with Gasteiger partial charge in [0, 0.05) is 12.6 Å². The van der Waals surface area contributed by atoms with Gasteiger partial charge < -0.3 is 11.1 Å². The molecule has 1 aliphatic carbocycles. The van der Waals surface area contributed by atoms with Crippen LogP contribution in [0, 0.1) is 12.8 Å². The van der Waals surface area contributed by atoms with Gasteiger partial charge in [-0.05, 0) is 54.1 Å². The average Bonchev–Trinajstić information content (AvgIpc) is 2.83. The first kappa shape index (κ1) is 11.1. The largest absolute Gasteiger partial charge is 0.330 e. The quantitative estimate of drug-likeness (QED) is 0.823. The maximum absolute atomic E-state index is 5.77. The lowest BCUT2D eigenvalue weighted by atomic mass is 10.0. The minimum Gasteiger partial charge on any atom is -0.330 e. The molecule has 0 aromatic carbocycles. The van der Waals surface area contributed by atoms with Crippen LogP contribution in [0.25, 0.3) is 0 Å². The van der Waals surface area contributed by atoms with Gasteiger partial charge in [-0.3, -0.25) is 0 Å². The molecule has 1 aromatic rings. The van der Waals surface area contributed by atoms with Gasteiger partial charge in [0.25, 0.3) is 0 Å². The summed E-state index contributed by atoms with van der Waals surface area (Å²) in [6.07, 6.45) is 3.93. The van der Waals surface area contributed by atoms with Crippen LogP contribution < -0.4 is 11.1 Å². The maximum atomic E-state index is 5.77. The van der Waals surface area contributed by atoms with Crippen molar-refractivity contribution in [2.24, 2.45) is 11.7 Å². The fourth-order valence-electron chi connectivity index (χ4n) is 2.40. The van der Waals surface area contributed by atoms with E-state index in [2.05, 4.69) is 23.0 Å². The van der Waals surface area contributed by atoms with Crippen molar-refractivity contribution in [3.63, 3.8) is 0 Å². The van der Waals surface area contributed by atoms with Crippen LogP contribution in [0.5, 0.6) is 0 Å². The molecule has 0 radical (unpaired) electrons. The first-order chi connectivity index (χ1) is 7.31. The second kappa shape index (κ2) is 5.10. The van der Waals surface area contributed by atoms with Crippen LogP contribution in [-0.2, 0) is 6.54 Å². The van der Waals surface area contributed by atoms with Gasteiger partial charge in [-0.25, -0.2) is 0 Å². The lowest BCUT2D eigenvalue weighted by molar-refractivity contribution is 0.406. The van der Waals surface area contributed by atoms with E-state index in [9.17, 15) is 0 Å². The minimum absolute atomic E-state index is 0.648. The molecule has 84 valence electrons. The molecule has 0 bridgehead atoms. The molecule has 2 atom stereocenters. The molecule has 0 saturated heterocycles. The van der Waals surface area contributed by atoms with Crippen molar-refractivity contribution >= 4 is 11.3 Å². The van der Waals surface area contributed by atoms with E-state index in [1.54, 1.807) is 11.3 Å². The van der Waals surface area contributed by atoms with Crippen LogP contribution in [0.15, 0.2) is 10.8 Å². The van der Waals surface area contributed by atoms with Gasteiger partial charge in [-0.1, -0.05) is 6.42 Å². The Labute approximate surface area is 95.9 Å². The zero-order chi connectivity index (χ0) is 10.7. The molecule has 1 heterocycles. The Balaban J connectivity index is 1.85. The van der Waals surface area contributed by atoms with Crippen molar-refractivity contribution in [3.8, 4) is 0 Å². The van der Waals surface area contributed by atoms with Crippen molar-refractivity contribution in [1.82, 2.24) is 5.32 Å². The zero-order valence-electron chi connectivity index (χ0n) is 9.33. The van der Waals surface area contributed by atoms with Crippen LogP contribution in [-0.4, -0.2) is 12.6 Å². The second-order valence-corrected chi connectivity index (χ2v) is 5.24. The summed E-state index contributed by atoms with van der Waals surface area (Å²) in [5.74, 6) is 0.698. The molecule has 3 N–H and O–H groups in total. The van der Waals surface area contributed by atoms with Gasteiger partial charge in [0.15, 0.2) is 0 Å². The van der Waals surface area contributed by atoms with E-state index in [-0.39, 0.29) is 0 Å². The van der Waals surface area contributed by atoms with Gasteiger partial charge in [-0.15, -0.1) is 0 Å². The van der Waals surface area contributed by atoms with Crippen LogP contribution >= 0.6 is 11.3 Å². The van der Waals surface area contributed by atoms with Crippen molar-refractivity contribution in [2.75, 3.05) is 6.54 Å². The summed E-state index contributed by atoms with van der Waals surface area (Å²) in [5.41, 5.74) is 8.62. The Morgan fingerprint density at radius 1 is 1.47 bits per heavy atom.